The molecular weight excluding hydrogens is 332 g/mol. The van der Waals surface area contributed by atoms with E-state index in [0.29, 0.717) is 23.0 Å². The molecule has 0 bridgehead atoms. The molecule has 0 atom stereocenters. The maximum Gasteiger partial charge on any atom is 0.278 e. The van der Waals surface area contributed by atoms with E-state index in [-0.39, 0.29) is 5.91 Å². The highest BCUT2D eigenvalue weighted by Crippen LogP contribution is 2.22. The summed E-state index contributed by atoms with van der Waals surface area (Å²) in [4.78, 5) is 21.1. The van der Waals surface area contributed by atoms with Crippen molar-refractivity contribution >= 4 is 5.91 Å². The summed E-state index contributed by atoms with van der Waals surface area (Å²) in [5, 5.41) is 11.0. The molecule has 26 heavy (non-hydrogen) atoms. The van der Waals surface area contributed by atoms with Crippen molar-refractivity contribution in [2.24, 2.45) is 0 Å². The molecule has 134 valence electrons. The summed E-state index contributed by atoms with van der Waals surface area (Å²) in [5.74, 6) is 0.895. The van der Waals surface area contributed by atoms with E-state index in [4.69, 9.17) is 4.52 Å². The van der Waals surface area contributed by atoms with Crippen LogP contribution in [0.25, 0.3) is 23.0 Å². The molecule has 1 aliphatic heterocycles. The van der Waals surface area contributed by atoms with Gasteiger partial charge in [0.05, 0.1) is 0 Å². The Kier molecular flexibility index (Phi) is 4.26. The summed E-state index contributed by atoms with van der Waals surface area (Å²) < 4.78 is 5.28. The van der Waals surface area contributed by atoms with Crippen LogP contribution >= 0.6 is 0 Å². The van der Waals surface area contributed by atoms with Crippen LogP contribution in [0.15, 0.2) is 34.9 Å². The van der Waals surface area contributed by atoms with E-state index < -0.39 is 0 Å². The summed E-state index contributed by atoms with van der Waals surface area (Å²) in [6.07, 6.45) is 0. The van der Waals surface area contributed by atoms with E-state index in [9.17, 15) is 4.79 Å². The van der Waals surface area contributed by atoms with Gasteiger partial charge in [0, 0.05) is 43.0 Å². The Morgan fingerprint density at radius 3 is 2.54 bits per heavy atom. The molecule has 8 heteroatoms. The van der Waals surface area contributed by atoms with Crippen molar-refractivity contribution in [2.45, 2.75) is 6.92 Å². The molecule has 2 aromatic heterocycles. The highest BCUT2D eigenvalue weighted by molar-refractivity contribution is 5.94. The van der Waals surface area contributed by atoms with Gasteiger partial charge in [0.15, 0.2) is 5.69 Å². The van der Waals surface area contributed by atoms with Gasteiger partial charge in [-0.05, 0) is 32.2 Å². The lowest BCUT2D eigenvalue weighted by atomic mass is 10.1. The molecule has 0 saturated carbocycles. The summed E-state index contributed by atoms with van der Waals surface area (Å²) in [6.45, 7) is 5.23. The van der Waals surface area contributed by atoms with Crippen molar-refractivity contribution in [3.05, 3.63) is 41.6 Å². The number of aromatic amines is 1. The third-order valence-corrected chi connectivity index (χ3v) is 4.53. The van der Waals surface area contributed by atoms with E-state index in [1.807, 2.05) is 42.2 Å². The van der Waals surface area contributed by atoms with Gasteiger partial charge in [-0.25, -0.2) is 0 Å². The molecule has 8 nitrogen and oxygen atoms in total. The first kappa shape index (κ1) is 16.5. The predicted molar refractivity (Wildman–Crippen MR) is 95.5 cm³/mol. The summed E-state index contributed by atoms with van der Waals surface area (Å²) in [6, 6.07) is 9.14. The van der Waals surface area contributed by atoms with Crippen LogP contribution in [0.1, 0.15) is 16.1 Å². The molecule has 3 aromatic rings. The van der Waals surface area contributed by atoms with E-state index in [0.717, 1.165) is 37.4 Å². The van der Waals surface area contributed by atoms with Crippen molar-refractivity contribution in [1.29, 1.82) is 0 Å². The Morgan fingerprint density at radius 1 is 1.15 bits per heavy atom. The lowest BCUT2D eigenvalue weighted by molar-refractivity contribution is 0.0664. The van der Waals surface area contributed by atoms with Crippen molar-refractivity contribution in [3.8, 4) is 23.0 Å². The van der Waals surface area contributed by atoms with Crippen LogP contribution < -0.4 is 0 Å². The minimum atomic E-state index is 0.0606. The number of amides is 1. The Bertz CT molecular complexity index is 906. The summed E-state index contributed by atoms with van der Waals surface area (Å²) >= 11 is 0. The van der Waals surface area contributed by atoms with Gasteiger partial charge >= 0.3 is 0 Å². The summed E-state index contributed by atoms with van der Waals surface area (Å²) in [5.41, 5.74) is 3.00. The third kappa shape index (κ3) is 3.23. The SMILES string of the molecule is Cc1cc(-c2nc(-c3ccc(C(=O)N4CCN(C)CC4)cc3)no2)n[nH]1. The molecule has 0 unspecified atom stereocenters. The number of benzene rings is 1. The number of likely N-dealkylation sites (N-methyl/N-ethyl adjacent to an activating group) is 1. The molecule has 1 fully saturated rings. The lowest BCUT2D eigenvalue weighted by Crippen LogP contribution is -2.47. The van der Waals surface area contributed by atoms with Crippen molar-refractivity contribution in [2.75, 3.05) is 33.2 Å². The molecule has 0 spiro atoms. The zero-order valence-corrected chi connectivity index (χ0v) is 14.8. The standard InChI is InChI=1S/C18H20N6O2/c1-12-11-15(21-20-12)17-19-16(22-26-17)13-3-5-14(6-4-13)18(25)24-9-7-23(2)8-10-24/h3-6,11H,7-10H2,1-2H3,(H,20,21). The Balaban J connectivity index is 1.49. The number of hydrogen-bond donors (Lipinski definition) is 1. The molecule has 0 aliphatic carbocycles. The molecule has 1 amide bonds. The van der Waals surface area contributed by atoms with E-state index >= 15 is 0 Å². The van der Waals surface area contributed by atoms with Crippen LogP contribution in [0.2, 0.25) is 0 Å². The molecule has 1 N–H and O–H groups in total. The Hall–Kier alpha value is -3.00. The average Bonchev–Trinajstić information content (AvgIpc) is 3.31. The van der Waals surface area contributed by atoms with Gasteiger partial charge in [-0.15, -0.1) is 0 Å². The van der Waals surface area contributed by atoms with Gasteiger partial charge in [0.25, 0.3) is 11.8 Å². The lowest BCUT2D eigenvalue weighted by Gasteiger charge is -2.32. The number of nitrogens with one attached hydrogen (secondary N) is 1. The zero-order chi connectivity index (χ0) is 18.1. The quantitative estimate of drug-likeness (QED) is 0.773. The predicted octanol–water partition coefficient (Wildman–Crippen LogP) is 1.82. The number of nitrogens with zero attached hydrogens (tertiary/aromatic N) is 5. The second-order valence-corrected chi connectivity index (χ2v) is 6.53. The molecule has 0 radical (unpaired) electrons. The number of carbonyl (C=O) groups excluding carboxylic acids is 1. The number of aromatic nitrogens is 4. The molecule has 1 aliphatic rings. The van der Waals surface area contributed by atoms with Crippen LogP contribution in [0.3, 0.4) is 0 Å². The first-order valence-electron chi connectivity index (χ1n) is 8.54. The molecular formula is C18H20N6O2. The fourth-order valence-electron chi connectivity index (χ4n) is 2.93. The van der Waals surface area contributed by atoms with E-state index in [1.165, 1.54) is 0 Å². The highest BCUT2D eigenvalue weighted by Gasteiger charge is 2.20. The fraction of sp³-hybridized carbons (Fsp3) is 0.333. The number of carbonyl (C=O) groups is 1. The van der Waals surface area contributed by atoms with Gasteiger partial charge in [0.2, 0.25) is 5.82 Å². The fourth-order valence-corrected chi connectivity index (χ4v) is 2.93. The smallest absolute Gasteiger partial charge is 0.278 e. The van der Waals surface area contributed by atoms with Crippen LogP contribution in [-0.2, 0) is 0 Å². The minimum absolute atomic E-state index is 0.0606. The molecule has 4 rings (SSSR count). The van der Waals surface area contributed by atoms with Gasteiger partial charge in [-0.1, -0.05) is 17.3 Å². The second-order valence-electron chi connectivity index (χ2n) is 6.53. The van der Waals surface area contributed by atoms with Crippen LogP contribution in [0, 0.1) is 6.92 Å². The maximum absolute atomic E-state index is 12.6. The van der Waals surface area contributed by atoms with Gasteiger partial charge in [0.1, 0.15) is 0 Å². The zero-order valence-electron chi connectivity index (χ0n) is 14.8. The van der Waals surface area contributed by atoms with Crippen molar-refractivity contribution in [3.63, 3.8) is 0 Å². The van der Waals surface area contributed by atoms with Crippen molar-refractivity contribution < 1.29 is 9.32 Å². The number of rotatable bonds is 3. The van der Waals surface area contributed by atoms with Gasteiger partial charge in [-0.3, -0.25) is 9.89 Å². The number of piperazine rings is 1. The van der Waals surface area contributed by atoms with Crippen LogP contribution in [0.4, 0.5) is 0 Å². The van der Waals surface area contributed by atoms with Crippen LogP contribution in [-0.4, -0.2) is 69.3 Å². The normalized spacial score (nSPS) is 15.4. The van der Waals surface area contributed by atoms with Crippen molar-refractivity contribution in [1.82, 2.24) is 30.1 Å². The first-order chi connectivity index (χ1) is 12.6. The number of H-pyrrole nitrogens is 1. The first-order valence-corrected chi connectivity index (χ1v) is 8.54. The highest BCUT2D eigenvalue weighted by atomic mass is 16.5. The number of hydrogen-bond acceptors (Lipinski definition) is 6. The van der Waals surface area contributed by atoms with E-state index in [1.54, 1.807) is 0 Å². The third-order valence-electron chi connectivity index (χ3n) is 4.53. The van der Waals surface area contributed by atoms with Crippen LogP contribution in [0.5, 0.6) is 0 Å². The largest absolute Gasteiger partial charge is 0.336 e. The maximum atomic E-state index is 12.6. The van der Waals surface area contributed by atoms with Gasteiger partial charge < -0.3 is 14.3 Å². The molecule has 1 saturated heterocycles. The Labute approximate surface area is 150 Å². The topological polar surface area (TPSA) is 91.2 Å². The molecule has 3 heterocycles. The second kappa shape index (κ2) is 6.72. The van der Waals surface area contributed by atoms with Gasteiger partial charge in [-0.2, -0.15) is 10.1 Å². The molecule has 1 aromatic carbocycles. The van der Waals surface area contributed by atoms with E-state index in [2.05, 4.69) is 32.3 Å². The summed E-state index contributed by atoms with van der Waals surface area (Å²) in [7, 11) is 2.07. The Morgan fingerprint density at radius 2 is 1.88 bits per heavy atom. The minimum Gasteiger partial charge on any atom is -0.336 e. The number of aryl methyl sites for hydroxylation is 1. The average molecular weight is 352 g/mol. The monoisotopic (exact) mass is 352 g/mol.